The summed E-state index contributed by atoms with van der Waals surface area (Å²) in [5, 5.41) is 0. The van der Waals surface area contributed by atoms with E-state index < -0.39 is 59.8 Å². The van der Waals surface area contributed by atoms with Crippen molar-refractivity contribution >= 4 is 17.8 Å². The van der Waals surface area contributed by atoms with Crippen LogP contribution in [-0.2, 0) is 19.1 Å². The minimum Gasteiger partial charge on any atom is -0.468 e. The molecule has 0 heterocycles. The van der Waals surface area contributed by atoms with Crippen LogP contribution in [0.3, 0.4) is 0 Å². The predicted molar refractivity (Wildman–Crippen MR) is 66.2 cm³/mol. The van der Waals surface area contributed by atoms with Crippen molar-refractivity contribution in [2.75, 3.05) is 27.3 Å². The summed E-state index contributed by atoms with van der Waals surface area (Å²) in [6.45, 7) is -1.63. The second kappa shape index (κ2) is 7.56. The van der Waals surface area contributed by atoms with Crippen molar-refractivity contribution in [1.29, 1.82) is 0 Å². The average molecular weight is 337 g/mol. The van der Waals surface area contributed by atoms with Crippen LogP contribution >= 0.6 is 0 Å². The third-order valence-electron chi connectivity index (χ3n) is 2.72. The largest absolute Gasteiger partial charge is 0.468 e. The van der Waals surface area contributed by atoms with Crippen LogP contribution in [0.5, 0.6) is 0 Å². The summed E-state index contributed by atoms with van der Waals surface area (Å²) in [6, 6.07) is 0.123. The van der Waals surface area contributed by atoms with Gasteiger partial charge in [0.15, 0.2) is 23.3 Å². The molecular weight excluding hydrogens is 326 g/mol. The average Bonchev–Trinajstić information content (AvgIpc) is 2.54. The number of carbonyl (C=O) groups is 3. The molecule has 0 fully saturated rings. The molecule has 1 rings (SSSR count). The zero-order valence-corrected chi connectivity index (χ0v) is 12.0. The minimum atomic E-state index is -2.19. The number of hydrogen-bond acceptors (Lipinski definition) is 5. The molecule has 0 spiro atoms. The number of hydrogen-bond donors (Lipinski definition) is 0. The van der Waals surface area contributed by atoms with E-state index in [4.69, 9.17) is 0 Å². The van der Waals surface area contributed by atoms with Gasteiger partial charge < -0.3 is 14.4 Å². The van der Waals surface area contributed by atoms with Gasteiger partial charge in [-0.05, 0) is 6.07 Å². The zero-order chi connectivity index (χ0) is 17.7. The van der Waals surface area contributed by atoms with E-state index in [-0.39, 0.29) is 6.07 Å². The molecule has 0 aliphatic carbocycles. The van der Waals surface area contributed by atoms with Crippen molar-refractivity contribution in [2.45, 2.75) is 0 Å². The van der Waals surface area contributed by atoms with Gasteiger partial charge in [0.25, 0.3) is 5.91 Å². The SMILES string of the molecule is COC(=O)CN(CC(=O)OC)C(=O)c1cc(F)c(F)c(F)c1F. The normalized spacial score (nSPS) is 10.2. The van der Waals surface area contributed by atoms with Crippen molar-refractivity contribution in [1.82, 2.24) is 4.90 Å². The Hall–Kier alpha value is -2.65. The van der Waals surface area contributed by atoms with Gasteiger partial charge >= 0.3 is 11.9 Å². The van der Waals surface area contributed by atoms with Gasteiger partial charge in [0, 0.05) is 0 Å². The van der Waals surface area contributed by atoms with E-state index in [0.717, 1.165) is 14.2 Å². The monoisotopic (exact) mass is 337 g/mol. The van der Waals surface area contributed by atoms with Gasteiger partial charge in [0.2, 0.25) is 0 Å². The van der Waals surface area contributed by atoms with Crippen LogP contribution in [0.25, 0.3) is 0 Å². The lowest BCUT2D eigenvalue weighted by atomic mass is 10.1. The second-order valence-electron chi connectivity index (χ2n) is 4.16. The third-order valence-corrected chi connectivity index (χ3v) is 2.72. The van der Waals surface area contributed by atoms with Gasteiger partial charge in [-0.2, -0.15) is 0 Å². The number of nitrogens with zero attached hydrogens (tertiary/aromatic N) is 1. The van der Waals surface area contributed by atoms with E-state index in [0.29, 0.717) is 4.90 Å². The molecule has 10 heteroatoms. The molecule has 1 aromatic rings. The molecule has 1 aromatic carbocycles. The number of ether oxygens (including phenoxy) is 2. The van der Waals surface area contributed by atoms with Crippen LogP contribution in [0.4, 0.5) is 17.6 Å². The number of benzene rings is 1. The molecule has 126 valence electrons. The number of rotatable bonds is 5. The van der Waals surface area contributed by atoms with E-state index in [9.17, 15) is 31.9 Å². The molecule has 0 N–H and O–H groups in total. The molecule has 1 amide bonds. The highest BCUT2D eigenvalue weighted by Crippen LogP contribution is 2.20. The molecule has 0 aliphatic rings. The van der Waals surface area contributed by atoms with E-state index in [1.54, 1.807) is 0 Å². The van der Waals surface area contributed by atoms with Crippen LogP contribution < -0.4 is 0 Å². The van der Waals surface area contributed by atoms with Crippen molar-refractivity contribution in [3.05, 3.63) is 34.9 Å². The first-order valence-electron chi connectivity index (χ1n) is 5.98. The Kier molecular flexibility index (Phi) is 6.05. The molecule has 23 heavy (non-hydrogen) atoms. The summed E-state index contributed by atoms with van der Waals surface area (Å²) in [4.78, 5) is 35.0. The van der Waals surface area contributed by atoms with Gasteiger partial charge in [-0.3, -0.25) is 14.4 Å². The van der Waals surface area contributed by atoms with E-state index in [1.165, 1.54) is 0 Å². The highest BCUT2D eigenvalue weighted by Gasteiger charge is 2.28. The first-order valence-corrected chi connectivity index (χ1v) is 5.98. The van der Waals surface area contributed by atoms with E-state index in [2.05, 4.69) is 9.47 Å². The van der Waals surface area contributed by atoms with Gasteiger partial charge in [0.05, 0.1) is 19.8 Å². The lowest BCUT2D eigenvalue weighted by molar-refractivity contribution is -0.144. The number of carbonyl (C=O) groups excluding carboxylic acids is 3. The first kappa shape index (κ1) is 18.4. The maximum atomic E-state index is 13.6. The molecule has 0 saturated carbocycles. The molecule has 0 aliphatic heterocycles. The maximum absolute atomic E-state index is 13.6. The Morgan fingerprint density at radius 3 is 1.83 bits per heavy atom. The Morgan fingerprint density at radius 1 is 0.913 bits per heavy atom. The highest BCUT2D eigenvalue weighted by atomic mass is 19.2. The molecule has 6 nitrogen and oxygen atoms in total. The van der Waals surface area contributed by atoms with Gasteiger partial charge in [-0.15, -0.1) is 0 Å². The van der Waals surface area contributed by atoms with Crippen LogP contribution in [0.15, 0.2) is 6.07 Å². The molecule has 0 unspecified atom stereocenters. The minimum absolute atomic E-state index is 0.123. The van der Waals surface area contributed by atoms with Crippen LogP contribution in [0, 0.1) is 23.3 Å². The summed E-state index contributed by atoms with van der Waals surface area (Å²) < 4.78 is 61.5. The van der Waals surface area contributed by atoms with E-state index >= 15 is 0 Å². The fourth-order valence-corrected chi connectivity index (χ4v) is 1.54. The lowest BCUT2D eigenvalue weighted by Gasteiger charge is -2.20. The summed E-state index contributed by atoms with van der Waals surface area (Å²) in [5.41, 5.74) is -1.19. The molecular formula is C13H11F4NO5. The molecule has 0 aromatic heterocycles. The highest BCUT2D eigenvalue weighted by molar-refractivity contribution is 5.98. The quantitative estimate of drug-likeness (QED) is 0.347. The Bertz CT molecular complexity index is 632. The van der Waals surface area contributed by atoms with Crippen molar-refractivity contribution in [2.24, 2.45) is 0 Å². The summed E-state index contributed by atoms with van der Waals surface area (Å²) in [6.07, 6.45) is 0. The number of amides is 1. The molecule has 0 radical (unpaired) electrons. The summed E-state index contributed by atoms with van der Waals surface area (Å²) in [7, 11) is 1.97. The van der Waals surface area contributed by atoms with Crippen LogP contribution in [-0.4, -0.2) is 50.1 Å². The van der Waals surface area contributed by atoms with Crippen molar-refractivity contribution in [3.63, 3.8) is 0 Å². The smallest absolute Gasteiger partial charge is 0.325 e. The predicted octanol–water partition coefficient (Wildman–Crippen LogP) is 1.03. The third kappa shape index (κ3) is 4.18. The fourth-order valence-electron chi connectivity index (χ4n) is 1.54. The topological polar surface area (TPSA) is 72.9 Å². The van der Waals surface area contributed by atoms with Gasteiger partial charge in [0.1, 0.15) is 13.1 Å². The second-order valence-corrected chi connectivity index (χ2v) is 4.16. The standard InChI is InChI=1S/C13H11F4NO5/c1-22-8(19)4-18(5-9(20)23-2)13(21)6-3-7(14)11(16)12(17)10(6)15/h3H,4-5H2,1-2H3. The Labute approximate surface area is 127 Å². The molecule has 0 atom stereocenters. The summed E-state index contributed by atoms with van der Waals surface area (Å²) in [5.74, 6) is -11.4. The number of methoxy groups -OCH3 is 2. The Balaban J connectivity index is 3.23. The fraction of sp³-hybridized carbons (Fsp3) is 0.308. The number of halogens is 4. The van der Waals surface area contributed by atoms with Gasteiger partial charge in [-0.25, -0.2) is 17.6 Å². The van der Waals surface area contributed by atoms with Crippen LogP contribution in [0.2, 0.25) is 0 Å². The zero-order valence-electron chi connectivity index (χ0n) is 12.0. The molecule has 0 bridgehead atoms. The lowest BCUT2D eigenvalue weighted by Crippen LogP contribution is -2.40. The molecule has 0 saturated heterocycles. The van der Waals surface area contributed by atoms with Crippen molar-refractivity contribution in [3.8, 4) is 0 Å². The van der Waals surface area contributed by atoms with E-state index in [1.807, 2.05) is 0 Å². The summed E-state index contributed by atoms with van der Waals surface area (Å²) >= 11 is 0. The first-order chi connectivity index (χ1) is 10.7. The Morgan fingerprint density at radius 2 is 1.39 bits per heavy atom. The van der Waals surface area contributed by atoms with Crippen LogP contribution in [0.1, 0.15) is 10.4 Å². The number of esters is 2. The van der Waals surface area contributed by atoms with Gasteiger partial charge in [-0.1, -0.05) is 0 Å². The van der Waals surface area contributed by atoms with Crippen molar-refractivity contribution < 1.29 is 41.4 Å². The maximum Gasteiger partial charge on any atom is 0.325 e.